The van der Waals surface area contributed by atoms with Crippen LogP contribution in [-0.4, -0.2) is 29.2 Å². The van der Waals surface area contributed by atoms with Crippen LogP contribution in [0.2, 0.25) is 0 Å². The first-order valence-electron chi connectivity index (χ1n) is 10.6. The van der Waals surface area contributed by atoms with E-state index in [9.17, 15) is 4.79 Å². The molecule has 30 heavy (non-hydrogen) atoms. The first-order chi connectivity index (χ1) is 14.6. The topological polar surface area (TPSA) is 58.1 Å². The van der Waals surface area contributed by atoms with E-state index in [1.54, 1.807) is 0 Å². The van der Waals surface area contributed by atoms with E-state index in [4.69, 9.17) is 0 Å². The minimum Gasteiger partial charge on any atom is -0.355 e. The van der Waals surface area contributed by atoms with Crippen molar-refractivity contribution in [3.63, 3.8) is 0 Å². The summed E-state index contributed by atoms with van der Waals surface area (Å²) in [4.78, 5) is 14.7. The number of anilines is 2. The molecular formula is C25H28N4O. The summed E-state index contributed by atoms with van der Waals surface area (Å²) >= 11 is 0. The maximum absolute atomic E-state index is 12.4. The van der Waals surface area contributed by atoms with Crippen molar-refractivity contribution in [1.82, 2.24) is 10.2 Å². The Morgan fingerprint density at radius 3 is 2.50 bits per heavy atom. The van der Waals surface area contributed by atoms with Gasteiger partial charge in [-0.15, -0.1) is 10.2 Å². The Bertz CT molecular complexity index is 990. The number of nitrogens with zero attached hydrogens (tertiary/aromatic N) is 3. The van der Waals surface area contributed by atoms with E-state index >= 15 is 0 Å². The highest BCUT2D eigenvalue weighted by Crippen LogP contribution is 2.24. The van der Waals surface area contributed by atoms with Gasteiger partial charge >= 0.3 is 0 Å². The van der Waals surface area contributed by atoms with Crippen LogP contribution >= 0.6 is 0 Å². The van der Waals surface area contributed by atoms with Gasteiger partial charge in [0.1, 0.15) is 0 Å². The van der Waals surface area contributed by atoms with Crippen molar-refractivity contribution in [1.29, 1.82) is 0 Å². The fraction of sp³-hybridized carbons (Fsp3) is 0.320. The van der Waals surface area contributed by atoms with Crippen LogP contribution in [0.1, 0.15) is 30.9 Å². The van der Waals surface area contributed by atoms with E-state index < -0.39 is 0 Å². The molecule has 0 saturated carbocycles. The van der Waals surface area contributed by atoms with Crippen LogP contribution in [0, 0.1) is 12.8 Å². The minimum absolute atomic E-state index is 0.0308. The predicted molar refractivity (Wildman–Crippen MR) is 122 cm³/mol. The summed E-state index contributed by atoms with van der Waals surface area (Å²) in [5.41, 5.74) is 4.70. The van der Waals surface area contributed by atoms with Gasteiger partial charge < -0.3 is 10.2 Å². The van der Waals surface area contributed by atoms with Gasteiger partial charge in [-0.05, 0) is 55.5 Å². The number of aromatic nitrogens is 2. The van der Waals surface area contributed by atoms with Crippen molar-refractivity contribution in [2.45, 2.75) is 33.1 Å². The summed E-state index contributed by atoms with van der Waals surface area (Å²) in [7, 11) is 0. The number of benzene rings is 2. The van der Waals surface area contributed by atoms with Gasteiger partial charge in [0.15, 0.2) is 5.82 Å². The molecule has 3 aromatic rings. The Kier molecular flexibility index (Phi) is 6.07. The summed E-state index contributed by atoms with van der Waals surface area (Å²) in [6, 6.07) is 19.8. The molecule has 2 aromatic carbocycles. The normalized spacial score (nSPS) is 14.5. The molecule has 0 radical (unpaired) electrons. The van der Waals surface area contributed by atoms with E-state index in [1.807, 2.05) is 67.6 Å². The van der Waals surface area contributed by atoms with Gasteiger partial charge in [0.05, 0.1) is 12.1 Å². The molecule has 1 aromatic heterocycles. The van der Waals surface area contributed by atoms with Gasteiger partial charge in [0, 0.05) is 24.3 Å². The second kappa shape index (κ2) is 9.08. The third-order valence-corrected chi connectivity index (χ3v) is 5.69. The van der Waals surface area contributed by atoms with Crippen LogP contribution in [-0.2, 0) is 11.2 Å². The van der Waals surface area contributed by atoms with Gasteiger partial charge in [0.25, 0.3) is 0 Å². The third kappa shape index (κ3) is 5.03. The predicted octanol–water partition coefficient (Wildman–Crippen LogP) is 4.87. The first kappa shape index (κ1) is 20.1. The highest BCUT2D eigenvalue weighted by Gasteiger charge is 2.17. The average Bonchev–Trinajstić information content (AvgIpc) is 2.76. The first-order valence-corrected chi connectivity index (χ1v) is 10.6. The Morgan fingerprint density at radius 1 is 1.03 bits per heavy atom. The van der Waals surface area contributed by atoms with E-state index in [0.717, 1.165) is 47.3 Å². The number of hydrogen-bond acceptors (Lipinski definition) is 4. The molecule has 1 fully saturated rings. The monoisotopic (exact) mass is 400 g/mol. The zero-order valence-corrected chi connectivity index (χ0v) is 17.6. The molecule has 2 heterocycles. The summed E-state index contributed by atoms with van der Waals surface area (Å²) in [5, 5.41) is 11.9. The summed E-state index contributed by atoms with van der Waals surface area (Å²) < 4.78 is 0. The van der Waals surface area contributed by atoms with E-state index in [-0.39, 0.29) is 5.91 Å². The number of rotatable bonds is 5. The molecule has 1 amide bonds. The van der Waals surface area contributed by atoms with Crippen LogP contribution in [0.25, 0.3) is 11.3 Å². The van der Waals surface area contributed by atoms with Crippen molar-refractivity contribution in [2.24, 2.45) is 5.92 Å². The molecule has 1 saturated heterocycles. The van der Waals surface area contributed by atoms with Gasteiger partial charge in [-0.2, -0.15) is 0 Å². The van der Waals surface area contributed by atoms with Gasteiger partial charge in [-0.3, -0.25) is 4.79 Å². The number of amides is 1. The molecule has 0 aliphatic carbocycles. The fourth-order valence-electron chi connectivity index (χ4n) is 3.74. The SMILES string of the molecule is Cc1ccc(CC(=O)Nc2cccc(-c3ccc(N4CCC(C)CC4)nn3)c2)cc1. The number of carbonyl (C=O) groups is 1. The molecule has 1 aliphatic rings. The van der Waals surface area contributed by atoms with Crippen LogP contribution in [0.15, 0.2) is 60.7 Å². The molecule has 5 nitrogen and oxygen atoms in total. The smallest absolute Gasteiger partial charge is 0.228 e. The Balaban J connectivity index is 1.41. The van der Waals surface area contributed by atoms with Crippen molar-refractivity contribution in [3.05, 3.63) is 71.8 Å². The molecule has 5 heteroatoms. The zero-order valence-electron chi connectivity index (χ0n) is 17.6. The van der Waals surface area contributed by atoms with Crippen LogP contribution in [0.4, 0.5) is 11.5 Å². The van der Waals surface area contributed by atoms with E-state index in [0.29, 0.717) is 6.42 Å². The second-order valence-electron chi connectivity index (χ2n) is 8.24. The summed E-state index contributed by atoms with van der Waals surface area (Å²) in [6.45, 7) is 6.42. The molecule has 154 valence electrons. The van der Waals surface area contributed by atoms with Crippen molar-refractivity contribution in [3.8, 4) is 11.3 Å². The van der Waals surface area contributed by atoms with Crippen LogP contribution in [0.3, 0.4) is 0 Å². The molecule has 0 atom stereocenters. The maximum atomic E-state index is 12.4. The highest BCUT2D eigenvalue weighted by atomic mass is 16.1. The van der Waals surface area contributed by atoms with E-state index in [2.05, 4.69) is 27.3 Å². The Labute approximate surface area is 178 Å². The van der Waals surface area contributed by atoms with Crippen molar-refractivity contribution < 1.29 is 4.79 Å². The zero-order chi connectivity index (χ0) is 20.9. The third-order valence-electron chi connectivity index (χ3n) is 5.69. The Morgan fingerprint density at radius 2 is 1.80 bits per heavy atom. The quantitative estimate of drug-likeness (QED) is 0.664. The molecular weight excluding hydrogens is 372 g/mol. The molecule has 0 unspecified atom stereocenters. The lowest BCUT2D eigenvalue weighted by Gasteiger charge is -2.30. The lowest BCUT2D eigenvalue weighted by molar-refractivity contribution is -0.115. The van der Waals surface area contributed by atoms with E-state index in [1.165, 1.54) is 18.4 Å². The number of nitrogens with one attached hydrogen (secondary N) is 1. The minimum atomic E-state index is -0.0308. The lowest BCUT2D eigenvalue weighted by atomic mass is 9.99. The molecule has 1 N–H and O–H groups in total. The summed E-state index contributed by atoms with van der Waals surface area (Å²) in [6.07, 6.45) is 2.76. The molecule has 0 spiro atoms. The Hall–Kier alpha value is -3.21. The molecule has 4 rings (SSSR count). The summed E-state index contributed by atoms with van der Waals surface area (Å²) in [5.74, 6) is 1.70. The number of hydrogen-bond donors (Lipinski definition) is 1. The highest BCUT2D eigenvalue weighted by molar-refractivity contribution is 5.92. The lowest BCUT2D eigenvalue weighted by Crippen LogP contribution is -2.33. The molecule has 0 bridgehead atoms. The fourth-order valence-corrected chi connectivity index (χ4v) is 3.74. The largest absolute Gasteiger partial charge is 0.355 e. The van der Waals surface area contributed by atoms with Crippen LogP contribution < -0.4 is 10.2 Å². The van der Waals surface area contributed by atoms with Gasteiger partial charge in [0.2, 0.25) is 5.91 Å². The number of carbonyl (C=O) groups excluding carboxylic acids is 1. The standard InChI is InChI=1S/C25H28N4O/c1-18-6-8-20(9-7-18)16-25(30)26-22-5-3-4-21(17-22)23-10-11-24(28-27-23)29-14-12-19(2)13-15-29/h3-11,17,19H,12-16H2,1-2H3,(H,26,30). The van der Waals surface area contributed by atoms with Gasteiger partial charge in [-0.1, -0.05) is 48.9 Å². The molecule has 1 aliphatic heterocycles. The number of aryl methyl sites for hydroxylation is 1. The van der Waals surface area contributed by atoms with Crippen molar-refractivity contribution in [2.75, 3.05) is 23.3 Å². The van der Waals surface area contributed by atoms with Gasteiger partial charge in [-0.25, -0.2) is 0 Å². The second-order valence-corrected chi connectivity index (χ2v) is 8.24. The maximum Gasteiger partial charge on any atom is 0.228 e. The van der Waals surface area contributed by atoms with Crippen LogP contribution in [0.5, 0.6) is 0 Å². The number of piperidine rings is 1. The average molecular weight is 401 g/mol. The van der Waals surface area contributed by atoms with Crippen molar-refractivity contribution >= 4 is 17.4 Å².